The van der Waals surface area contributed by atoms with Crippen LogP contribution in [0.15, 0.2) is 51.8 Å². The molecule has 0 aromatic heterocycles. The highest BCUT2D eigenvalue weighted by atomic mass is 79.9. The Morgan fingerprint density at radius 1 is 1.26 bits per heavy atom. The number of sulfonamides is 1. The van der Waals surface area contributed by atoms with Gasteiger partial charge in [0.2, 0.25) is 5.91 Å². The maximum Gasteiger partial charge on any atom is 0.264 e. The van der Waals surface area contributed by atoms with Crippen LogP contribution in [-0.2, 0) is 14.8 Å². The minimum absolute atomic E-state index is 0.0687. The van der Waals surface area contributed by atoms with Crippen molar-refractivity contribution in [1.82, 2.24) is 4.72 Å². The minimum Gasteiger partial charge on any atom is -0.492 e. The van der Waals surface area contributed by atoms with Crippen molar-refractivity contribution in [3.8, 4) is 5.75 Å². The molecular weight excluding hydrogens is 382 g/mol. The predicted molar refractivity (Wildman–Crippen MR) is 88.9 cm³/mol. The number of hydrogen-bond donors (Lipinski definition) is 1. The molecule has 120 valence electrons. The molecular formula is C16H14BrNO4S. The highest BCUT2D eigenvalue weighted by Crippen LogP contribution is 2.36. The average molecular weight is 396 g/mol. The number of hydrogen-bond acceptors (Lipinski definition) is 4. The van der Waals surface area contributed by atoms with E-state index in [4.69, 9.17) is 4.74 Å². The average Bonchev–Trinajstić information content (AvgIpc) is 2.90. The standard InChI is InChI=1S/C16H14BrNO4S/c1-10-3-2-4-12(7-10)23(20,21)18-16(19)14-9-22-15-6-5-11(17)8-13(14)15/h2-8,14H,9H2,1H3,(H,18,19). The van der Waals surface area contributed by atoms with E-state index in [0.717, 1.165) is 10.0 Å². The van der Waals surface area contributed by atoms with E-state index < -0.39 is 21.8 Å². The number of amides is 1. The molecule has 1 aliphatic heterocycles. The van der Waals surface area contributed by atoms with Crippen molar-refractivity contribution < 1.29 is 17.9 Å². The van der Waals surface area contributed by atoms with Gasteiger partial charge in [0.1, 0.15) is 18.3 Å². The van der Waals surface area contributed by atoms with E-state index in [9.17, 15) is 13.2 Å². The van der Waals surface area contributed by atoms with Crippen LogP contribution in [0.1, 0.15) is 17.0 Å². The molecule has 5 nitrogen and oxygen atoms in total. The Balaban J connectivity index is 1.85. The van der Waals surface area contributed by atoms with Gasteiger partial charge >= 0.3 is 0 Å². The predicted octanol–water partition coefficient (Wildman–Crippen LogP) is 2.74. The first-order valence-electron chi connectivity index (χ1n) is 6.92. The lowest BCUT2D eigenvalue weighted by atomic mass is 10.0. The van der Waals surface area contributed by atoms with Crippen molar-refractivity contribution in [1.29, 1.82) is 0 Å². The van der Waals surface area contributed by atoms with Gasteiger partial charge in [-0.05, 0) is 42.8 Å². The SMILES string of the molecule is Cc1cccc(S(=O)(=O)NC(=O)C2COc3ccc(Br)cc32)c1. The Morgan fingerprint density at radius 2 is 2.04 bits per heavy atom. The summed E-state index contributed by atoms with van der Waals surface area (Å²) in [6, 6.07) is 11.7. The van der Waals surface area contributed by atoms with Gasteiger partial charge in [-0.3, -0.25) is 4.79 Å². The summed E-state index contributed by atoms with van der Waals surface area (Å²) in [6.45, 7) is 1.92. The number of benzene rings is 2. The second-order valence-corrected chi connectivity index (χ2v) is 7.93. The highest BCUT2D eigenvalue weighted by Gasteiger charge is 2.33. The molecule has 1 atom stereocenters. The molecule has 0 saturated carbocycles. The molecule has 1 N–H and O–H groups in total. The van der Waals surface area contributed by atoms with Crippen LogP contribution in [0.4, 0.5) is 0 Å². The van der Waals surface area contributed by atoms with Crippen LogP contribution in [0, 0.1) is 6.92 Å². The summed E-state index contributed by atoms with van der Waals surface area (Å²) >= 11 is 3.34. The molecule has 1 heterocycles. The largest absolute Gasteiger partial charge is 0.492 e. The van der Waals surface area contributed by atoms with Gasteiger partial charge in [0.15, 0.2) is 0 Å². The number of nitrogens with one attached hydrogen (secondary N) is 1. The Labute approximate surface area is 142 Å². The third-order valence-electron chi connectivity index (χ3n) is 3.60. The molecule has 2 aromatic carbocycles. The zero-order valence-electron chi connectivity index (χ0n) is 12.2. The molecule has 1 amide bonds. The maximum absolute atomic E-state index is 12.4. The quantitative estimate of drug-likeness (QED) is 0.866. The van der Waals surface area contributed by atoms with Gasteiger partial charge < -0.3 is 4.74 Å². The van der Waals surface area contributed by atoms with Gasteiger partial charge in [0.05, 0.1) is 4.90 Å². The lowest BCUT2D eigenvalue weighted by Gasteiger charge is -2.11. The molecule has 0 bridgehead atoms. The van der Waals surface area contributed by atoms with Crippen molar-refractivity contribution >= 4 is 31.9 Å². The summed E-state index contributed by atoms with van der Waals surface area (Å²) < 4.78 is 33.1. The fourth-order valence-corrected chi connectivity index (χ4v) is 3.95. The molecule has 2 aromatic rings. The zero-order chi connectivity index (χ0) is 16.6. The minimum atomic E-state index is -3.90. The van der Waals surface area contributed by atoms with Crippen LogP contribution < -0.4 is 9.46 Å². The molecule has 23 heavy (non-hydrogen) atoms. The van der Waals surface area contributed by atoms with E-state index >= 15 is 0 Å². The number of carbonyl (C=O) groups is 1. The van der Waals surface area contributed by atoms with Gasteiger partial charge in [-0.25, -0.2) is 13.1 Å². The lowest BCUT2D eigenvalue weighted by Crippen LogP contribution is -2.35. The Bertz CT molecular complexity index is 879. The van der Waals surface area contributed by atoms with Crippen LogP contribution in [-0.4, -0.2) is 20.9 Å². The van der Waals surface area contributed by atoms with E-state index in [1.165, 1.54) is 12.1 Å². The van der Waals surface area contributed by atoms with Crippen molar-refractivity contribution in [2.24, 2.45) is 0 Å². The van der Waals surface area contributed by atoms with Crippen molar-refractivity contribution in [2.45, 2.75) is 17.7 Å². The molecule has 0 fully saturated rings. The molecule has 0 radical (unpaired) electrons. The van der Waals surface area contributed by atoms with Crippen molar-refractivity contribution in [3.05, 3.63) is 58.1 Å². The summed E-state index contributed by atoms with van der Waals surface area (Å²) in [4.78, 5) is 12.5. The normalized spacial score (nSPS) is 16.5. The lowest BCUT2D eigenvalue weighted by molar-refractivity contribution is -0.120. The third kappa shape index (κ3) is 3.25. The van der Waals surface area contributed by atoms with E-state index in [-0.39, 0.29) is 11.5 Å². The monoisotopic (exact) mass is 395 g/mol. The molecule has 7 heteroatoms. The van der Waals surface area contributed by atoms with Crippen LogP contribution in [0.25, 0.3) is 0 Å². The summed E-state index contributed by atoms with van der Waals surface area (Å²) in [5, 5.41) is 0. The molecule has 0 saturated heterocycles. The first kappa shape index (κ1) is 16.0. The van der Waals surface area contributed by atoms with Crippen LogP contribution in [0.3, 0.4) is 0 Å². The summed E-state index contributed by atoms with van der Waals surface area (Å²) in [5.74, 6) is -0.647. The fraction of sp³-hybridized carbons (Fsp3) is 0.188. The van der Waals surface area contributed by atoms with E-state index in [1.54, 1.807) is 31.2 Å². The smallest absolute Gasteiger partial charge is 0.264 e. The van der Waals surface area contributed by atoms with Crippen molar-refractivity contribution in [3.63, 3.8) is 0 Å². The maximum atomic E-state index is 12.4. The molecule has 0 spiro atoms. The van der Waals surface area contributed by atoms with Gasteiger partial charge in [-0.15, -0.1) is 0 Å². The third-order valence-corrected chi connectivity index (χ3v) is 5.44. The second-order valence-electron chi connectivity index (χ2n) is 5.33. The van der Waals surface area contributed by atoms with E-state index in [1.807, 2.05) is 6.07 Å². The number of carbonyl (C=O) groups excluding carboxylic acids is 1. The van der Waals surface area contributed by atoms with Gasteiger partial charge in [0, 0.05) is 10.0 Å². The Morgan fingerprint density at radius 3 is 2.78 bits per heavy atom. The number of aryl methyl sites for hydroxylation is 1. The fourth-order valence-electron chi connectivity index (χ4n) is 2.45. The molecule has 1 unspecified atom stereocenters. The first-order valence-corrected chi connectivity index (χ1v) is 9.20. The Kier molecular flexibility index (Phi) is 4.16. The van der Waals surface area contributed by atoms with E-state index in [2.05, 4.69) is 20.7 Å². The molecule has 1 aliphatic rings. The van der Waals surface area contributed by atoms with Crippen LogP contribution in [0.2, 0.25) is 0 Å². The van der Waals surface area contributed by atoms with Gasteiger partial charge in [0.25, 0.3) is 10.0 Å². The highest BCUT2D eigenvalue weighted by molar-refractivity contribution is 9.10. The summed E-state index contributed by atoms with van der Waals surface area (Å²) in [5.41, 5.74) is 1.48. The topological polar surface area (TPSA) is 72.5 Å². The van der Waals surface area contributed by atoms with Crippen molar-refractivity contribution in [2.75, 3.05) is 6.61 Å². The summed E-state index contributed by atoms with van der Waals surface area (Å²) in [6.07, 6.45) is 0. The zero-order valence-corrected chi connectivity index (χ0v) is 14.6. The number of ether oxygens (including phenoxy) is 1. The Hall–Kier alpha value is -1.86. The van der Waals surface area contributed by atoms with Crippen LogP contribution >= 0.6 is 15.9 Å². The van der Waals surface area contributed by atoms with Gasteiger partial charge in [-0.1, -0.05) is 28.1 Å². The number of fused-ring (bicyclic) bond motifs is 1. The second kappa shape index (κ2) is 5.98. The van der Waals surface area contributed by atoms with E-state index in [0.29, 0.717) is 11.3 Å². The number of rotatable bonds is 3. The molecule has 3 rings (SSSR count). The first-order chi connectivity index (χ1) is 10.9. The van der Waals surface area contributed by atoms with Gasteiger partial charge in [-0.2, -0.15) is 0 Å². The summed E-state index contributed by atoms with van der Waals surface area (Å²) in [7, 11) is -3.90. The van der Waals surface area contributed by atoms with Crippen LogP contribution in [0.5, 0.6) is 5.75 Å². The molecule has 0 aliphatic carbocycles. The number of halogens is 1.